The van der Waals surface area contributed by atoms with Crippen molar-refractivity contribution in [3.8, 4) is 5.75 Å². The molecule has 0 aliphatic heterocycles. The maximum absolute atomic E-state index is 11.6. The molecule has 19 heavy (non-hydrogen) atoms. The molecule has 1 rings (SSSR count). The van der Waals surface area contributed by atoms with Crippen molar-refractivity contribution >= 4 is 11.6 Å². The molecule has 1 amide bonds. The number of benzene rings is 1. The molecule has 1 aromatic carbocycles. The molecule has 4 heteroatoms. The first-order valence-electron chi connectivity index (χ1n) is 6.91. The molecule has 0 heterocycles. The summed E-state index contributed by atoms with van der Waals surface area (Å²) in [7, 11) is 0. The number of rotatable bonds is 8. The fourth-order valence-corrected chi connectivity index (χ4v) is 1.79. The summed E-state index contributed by atoms with van der Waals surface area (Å²) in [6.07, 6.45) is 2.54. The largest absolute Gasteiger partial charge is 0.491 e. The van der Waals surface area contributed by atoms with Crippen molar-refractivity contribution in [2.75, 3.05) is 18.9 Å². The Bertz CT molecular complexity index is 389. The van der Waals surface area contributed by atoms with Crippen molar-refractivity contribution in [1.82, 2.24) is 5.32 Å². The smallest absolute Gasteiger partial charge is 0.223 e. The van der Waals surface area contributed by atoms with Crippen LogP contribution >= 0.6 is 0 Å². The summed E-state index contributed by atoms with van der Waals surface area (Å²) in [5, 5.41) is 2.94. The molecule has 0 aromatic heterocycles. The predicted octanol–water partition coefficient (Wildman–Crippen LogP) is 2.59. The Labute approximate surface area is 115 Å². The highest BCUT2D eigenvalue weighted by molar-refractivity contribution is 5.76. The van der Waals surface area contributed by atoms with Crippen LogP contribution in [0.3, 0.4) is 0 Å². The van der Waals surface area contributed by atoms with Crippen LogP contribution in [0.15, 0.2) is 24.3 Å². The minimum atomic E-state index is 0.0291. The average molecular weight is 264 g/mol. The van der Waals surface area contributed by atoms with E-state index in [0.29, 0.717) is 30.4 Å². The van der Waals surface area contributed by atoms with E-state index in [4.69, 9.17) is 10.5 Å². The summed E-state index contributed by atoms with van der Waals surface area (Å²) in [6.45, 7) is 5.38. The van der Waals surface area contributed by atoms with Gasteiger partial charge in [0.15, 0.2) is 0 Å². The van der Waals surface area contributed by atoms with E-state index < -0.39 is 0 Å². The van der Waals surface area contributed by atoms with Gasteiger partial charge in [-0.15, -0.1) is 0 Å². The second kappa shape index (κ2) is 8.40. The number of nitrogen functional groups attached to an aromatic ring is 1. The summed E-state index contributed by atoms with van der Waals surface area (Å²) in [5.41, 5.74) is 6.34. The Morgan fingerprint density at radius 1 is 1.32 bits per heavy atom. The van der Waals surface area contributed by atoms with Crippen molar-refractivity contribution < 1.29 is 9.53 Å². The third-order valence-corrected chi connectivity index (χ3v) is 3.25. The van der Waals surface area contributed by atoms with Gasteiger partial charge in [0.25, 0.3) is 0 Å². The lowest BCUT2D eigenvalue weighted by Gasteiger charge is -2.13. The topological polar surface area (TPSA) is 64.3 Å². The number of carbonyl (C=O) groups excluding carboxylic acids is 1. The van der Waals surface area contributed by atoms with Gasteiger partial charge in [-0.3, -0.25) is 4.79 Å². The van der Waals surface area contributed by atoms with E-state index in [1.807, 2.05) is 12.1 Å². The normalized spacial score (nSPS) is 10.5. The molecule has 106 valence electrons. The molecule has 0 spiro atoms. The summed E-state index contributed by atoms with van der Waals surface area (Å²) in [6, 6.07) is 7.29. The van der Waals surface area contributed by atoms with Crippen LogP contribution in [0.5, 0.6) is 5.75 Å². The lowest BCUT2D eigenvalue weighted by molar-refractivity contribution is -0.121. The van der Waals surface area contributed by atoms with Crippen LogP contribution in [0.4, 0.5) is 5.69 Å². The van der Waals surface area contributed by atoms with Gasteiger partial charge >= 0.3 is 0 Å². The van der Waals surface area contributed by atoms with Crippen LogP contribution in [-0.2, 0) is 4.79 Å². The number of hydrogen-bond donors (Lipinski definition) is 2. The van der Waals surface area contributed by atoms with Crippen LogP contribution in [0.25, 0.3) is 0 Å². The first-order chi connectivity index (χ1) is 9.17. The Balaban J connectivity index is 2.22. The number of carbonyl (C=O) groups is 1. The quantitative estimate of drug-likeness (QED) is 0.709. The Kier molecular flexibility index (Phi) is 6.79. The molecule has 0 radical (unpaired) electrons. The molecule has 0 atom stereocenters. The number of ether oxygens (including phenoxy) is 1. The average Bonchev–Trinajstić information content (AvgIpc) is 2.42. The minimum absolute atomic E-state index is 0.0291. The molecule has 0 aliphatic rings. The van der Waals surface area contributed by atoms with E-state index in [2.05, 4.69) is 19.2 Å². The summed E-state index contributed by atoms with van der Waals surface area (Å²) < 4.78 is 5.48. The summed E-state index contributed by atoms with van der Waals surface area (Å²) >= 11 is 0. The monoisotopic (exact) mass is 264 g/mol. The van der Waals surface area contributed by atoms with Gasteiger partial charge in [-0.05, 0) is 18.1 Å². The molecular formula is C15H24N2O2. The number of hydrogen-bond acceptors (Lipinski definition) is 3. The van der Waals surface area contributed by atoms with Crippen molar-refractivity contribution in [3.63, 3.8) is 0 Å². The lowest BCUT2D eigenvalue weighted by atomic mass is 10.0. The number of nitrogens with two attached hydrogens (primary N) is 1. The molecule has 4 nitrogen and oxygen atoms in total. The van der Waals surface area contributed by atoms with Gasteiger partial charge in [-0.2, -0.15) is 0 Å². The number of anilines is 1. The maximum atomic E-state index is 11.6. The maximum Gasteiger partial charge on any atom is 0.223 e. The lowest BCUT2D eigenvalue weighted by Crippen LogP contribution is -2.29. The fourth-order valence-electron chi connectivity index (χ4n) is 1.79. The van der Waals surface area contributed by atoms with E-state index in [0.717, 1.165) is 19.4 Å². The van der Waals surface area contributed by atoms with Crippen LogP contribution in [0.1, 0.15) is 33.1 Å². The molecule has 0 fully saturated rings. The number of para-hydroxylation sites is 2. The van der Waals surface area contributed by atoms with Gasteiger partial charge in [0, 0.05) is 6.54 Å². The molecule has 0 aliphatic carbocycles. The van der Waals surface area contributed by atoms with Crippen LogP contribution in [0, 0.1) is 5.92 Å². The molecule has 1 aromatic rings. The van der Waals surface area contributed by atoms with Gasteiger partial charge in [0.1, 0.15) is 5.75 Å². The van der Waals surface area contributed by atoms with E-state index in [-0.39, 0.29) is 5.91 Å². The molecule has 3 N–H and O–H groups in total. The molecule has 0 unspecified atom stereocenters. The van der Waals surface area contributed by atoms with Crippen LogP contribution in [0.2, 0.25) is 0 Å². The van der Waals surface area contributed by atoms with Gasteiger partial charge in [-0.25, -0.2) is 0 Å². The van der Waals surface area contributed by atoms with Crippen LogP contribution < -0.4 is 15.8 Å². The summed E-state index contributed by atoms with van der Waals surface area (Å²) in [5.74, 6) is 1.23. The molecule has 0 saturated heterocycles. The second-order valence-corrected chi connectivity index (χ2v) is 4.62. The van der Waals surface area contributed by atoms with Gasteiger partial charge in [0.2, 0.25) is 5.91 Å². The third kappa shape index (κ3) is 5.64. The standard InChI is InChI=1S/C15H24N2O2/c1-3-12(4-2)11-17-15(18)9-10-19-14-8-6-5-7-13(14)16/h5-8,12H,3-4,9-11,16H2,1-2H3,(H,17,18). The fraction of sp³-hybridized carbons (Fsp3) is 0.533. The van der Waals surface area contributed by atoms with Gasteiger partial charge < -0.3 is 15.8 Å². The highest BCUT2D eigenvalue weighted by Crippen LogP contribution is 2.19. The van der Waals surface area contributed by atoms with Crippen molar-refractivity contribution in [3.05, 3.63) is 24.3 Å². The zero-order chi connectivity index (χ0) is 14.1. The molecule has 0 saturated carbocycles. The minimum Gasteiger partial charge on any atom is -0.491 e. The number of nitrogens with one attached hydrogen (secondary N) is 1. The van der Waals surface area contributed by atoms with Gasteiger partial charge in [0.05, 0.1) is 18.7 Å². The second-order valence-electron chi connectivity index (χ2n) is 4.62. The number of amides is 1. The highest BCUT2D eigenvalue weighted by Gasteiger charge is 2.07. The van der Waals surface area contributed by atoms with Gasteiger partial charge in [-0.1, -0.05) is 38.8 Å². The van der Waals surface area contributed by atoms with E-state index in [9.17, 15) is 4.79 Å². The highest BCUT2D eigenvalue weighted by atomic mass is 16.5. The van der Waals surface area contributed by atoms with E-state index >= 15 is 0 Å². The van der Waals surface area contributed by atoms with E-state index in [1.54, 1.807) is 12.1 Å². The Morgan fingerprint density at radius 2 is 2.00 bits per heavy atom. The van der Waals surface area contributed by atoms with E-state index in [1.165, 1.54) is 0 Å². The summed E-state index contributed by atoms with van der Waals surface area (Å²) in [4.78, 5) is 11.6. The van der Waals surface area contributed by atoms with Crippen molar-refractivity contribution in [1.29, 1.82) is 0 Å². The first-order valence-corrected chi connectivity index (χ1v) is 6.91. The van der Waals surface area contributed by atoms with Crippen molar-refractivity contribution in [2.24, 2.45) is 5.92 Å². The first kappa shape index (κ1) is 15.3. The predicted molar refractivity (Wildman–Crippen MR) is 78.0 cm³/mol. The third-order valence-electron chi connectivity index (χ3n) is 3.25. The zero-order valence-corrected chi connectivity index (χ0v) is 11.8. The zero-order valence-electron chi connectivity index (χ0n) is 11.8. The van der Waals surface area contributed by atoms with Crippen molar-refractivity contribution in [2.45, 2.75) is 33.1 Å². The molecular weight excluding hydrogens is 240 g/mol. The Hall–Kier alpha value is -1.71. The van der Waals surface area contributed by atoms with Crippen LogP contribution in [-0.4, -0.2) is 19.1 Å². The molecule has 0 bridgehead atoms. The Morgan fingerprint density at radius 3 is 2.63 bits per heavy atom. The SMILES string of the molecule is CCC(CC)CNC(=O)CCOc1ccccc1N.